The molecular weight excluding hydrogens is 172 g/mol. The molecule has 0 saturated heterocycles. The molecule has 0 N–H and O–H groups in total. The summed E-state index contributed by atoms with van der Waals surface area (Å²) in [7, 11) is 1.85. The molecule has 0 unspecified atom stereocenters. The Labute approximate surface area is 75.8 Å². The average molecular weight is 181 g/mol. The molecular formula is C9H9ClN2. The van der Waals surface area contributed by atoms with E-state index in [2.05, 4.69) is 5.10 Å². The topological polar surface area (TPSA) is 17.8 Å². The highest BCUT2D eigenvalue weighted by molar-refractivity contribution is 6.34. The molecule has 1 aromatic heterocycles. The molecule has 0 aliphatic heterocycles. The van der Waals surface area contributed by atoms with Gasteiger partial charge in [0.25, 0.3) is 0 Å². The van der Waals surface area contributed by atoms with Gasteiger partial charge in [0.15, 0.2) is 0 Å². The van der Waals surface area contributed by atoms with Gasteiger partial charge in [-0.1, -0.05) is 23.7 Å². The molecule has 0 fully saturated rings. The van der Waals surface area contributed by atoms with Crippen molar-refractivity contribution < 1.29 is 0 Å². The first kappa shape index (κ1) is 7.62. The van der Waals surface area contributed by atoms with E-state index in [4.69, 9.17) is 11.6 Å². The van der Waals surface area contributed by atoms with Gasteiger partial charge in [-0.15, -0.1) is 0 Å². The molecule has 62 valence electrons. The van der Waals surface area contributed by atoms with Crippen molar-refractivity contribution >= 4 is 22.5 Å². The third-order valence-electron chi connectivity index (χ3n) is 2.00. The largest absolute Gasteiger partial charge is 0.256 e. The maximum Gasteiger partial charge on any atom is 0.134 e. The first-order valence-electron chi connectivity index (χ1n) is 3.78. The molecule has 2 nitrogen and oxygen atoms in total. The van der Waals surface area contributed by atoms with E-state index in [9.17, 15) is 0 Å². The third-order valence-corrected chi connectivity index (χ3v) is 2.43. The fraction of sp³-hybridized carbons (Fsp3) is 0.222. The Kier molecular flexibility index (Phi) is 1.58. The molecule has 0 saturated carbocycles. The van der Waals surface area contributed by atoms with Crippen molar-refractivity contribution in [2.75, 3.05) is 0 Å². The predicted octanol–water partition coefficient (Wildman–Crippen LogP) is 2.54. The maximum atomic E-state index is 6.05. The predicted molar refractivity (Wildman–Crippen MR) is 50.5 cm³/mol. The summed E-state index contributed by atoms with van der Waals surface area (Å²) in [5.41, 5.74) is 2.13. The van der Waals surface area contributed by atoms with Crippen LogP contribution in [0.2, 0.25) is 5.15 Å². The molecule has 0 atom stereocenters. The summed E-state index contributed by atoms with van der Waals surface area (Å²) in [5, 5.41) is 6.03. The van der Waals surface area contributed by atoms with Crippen molar-refractivity contribution in [3.63, 3.8) is 0 Å². The Morgan fingerprint density at radius 2 is 2.17 bits per heavy atom. The second-order valence-electron chi connectivity index (χ2n) is 2.88. The van der Waals surface area contributed by atoms with Crippen LogP contribution in [0.25, 0.3) is 10.9 Å². The van der Waals surface area contributed by atoms with Crippen LogP contribution in [0.15, 0.2) is 18.2 Å². The Bertz CT molecular complexity index is 431. The Morgan fingerprint density at radius 1 is 1.42 bits per heavy atom. The van der Waals surface area contributed by atoms with Crippen LogP contribution in [-0.4, -0.2) is 9.78 Å². The molecule has 3 heteroatoms. The zero-order valence-electron chi connectivity index (χ0n) is 7.00. The highest BCUT2D eigenvalue weighted by Crippen LogP contribution is 2.25. The minimum absolute atomic E-state index is 0.711. The van der Waals surface area contributed by atoms with Crippen LogP contribution < -0.4 is 0 Å². The maximum absolute atomic E-state index is 6.05. The summed E-state index contributed by atoms with van der Waals surface area (Å²) in [5.74, 6) is 0. The molecule has 0 bridgehead atoms. The molecule has 2 rings (SSSR count). The van der Waals surface area contributed by atoms with Gasteiger partial charge < -0.3 is 0 Å². The number of aryl methyl sites for hydroxylation is 2. The lowest BCUT2D eigenvalue weighted by Gasteiger charge is -1.93. The van der Waals surface area contributed by atoms with Gasteiger partial charge in [0, 0.05) is 12.4 Å². The van der Waals surface area contributed by atoms with E-state index in [1.54, 1.807) is 4.68 Å². The molecule has 0 spiro atoms. The zero-order valence-corrected chi connectivity index (χ0v) is 7.76. The van der Waals surface area contributed by atoms with E-state index in [1.165, 1.54) is 5.56 Å². The SMILES string of the molecule is Cc1cccc2nn(C)c(Cl)c12. The van der Waals surface area contributed by atoms with E-state index < -0.39 is 0 Å². The smallest absolute Gasteiger partial charge is 0.134 e. The van der Waals surface area contributed by atoms with Crippen LogP contribution in [0.3, 0.4) is 0 Å². The first-order valence-corrected chi connectivity index (χ1v) is 4.16. The molecule has 12 heavy (non-hydrogen) atoms. The molecule has 1 aromatic carbocycles. The van der Waals surface area contributed by atoms with E-state index >= 15 is 0 Å². The second-order valence-corrected chi connectivity index (χ2v) is 3.24. The fourth-order valence-electron chi connectivity index (χ4n) is 1.37. The minimum Gasteiger partial charge on any atom is -0.256 e. The van der Waals surface area contributed by atoms with E-state index in [1.807, 2.05) is 32.2 Å². The van der Waals surface area contributed by atoms with Gasteiger partial charge in [0.05, 0.1) is 5.52 Å². The van der Waals surface area contributed by atoms with Crippen molar-refractivity contribution in [3.05, 3.63) is 28.9 Å². The lowest BCUT2D eigenvalue weighted by molar-refractivity contribution is 0.780. The fourth-order valence-corrected chi connectivity index (χ4v) is 1.65. The standard InChI is InChI=1S/C9H9ClN2/c1-6-4-3-5-7-8(6)9(10)12(2)11-7/h3-5H,1-2H3. The van der Waals surface area contributed by atoms with Crippen LogP contribution in [0.4, 0.5) is 0 Å². The van der Waals surface area contributed by atoms with Crippen molar-refractivity contribution in [2.45, 2.75) is 6.92 Å². The highest BCUT2D eigenvalue weighted by atomic mass is 35.5. The Hall–Kier alpha value is -1.02. The monoisotopic (exact) mass is 180 g/mol. The van der Waals surface area contributed by atoms with Crippen LogP contribution >= 0.6 is 11.6 Å². The second kappa shape index (κ2) is 2.49. The quantitative estimate of drug-likeness (QED) is 0.609. The number of aromatic nitrogens is 2. The van der Waals surface area contributed by atoms with Crippen LogP contribution in [-0.2, 0) is 7.05 Å². The highest BCUT2D eigenvalue weighted by Gasteiger charge is 2.07. The number of hydrogen-bond donors (Lipinski definition) is 0. The molecule has 1 heterocycles. The average Bonchev–Trinajstić information content (AvgIpc) is 2.29. The molecule has 2 aromatic rings. The number of benzene rings is 1. The van der Waals surface area contributed by atoms with Crippen LogP contribution in [0.1, 0.15) is 5.56 Å². The van der Waals surface area contributed by atoms with Crippen molar-refractivity contribution in [1.29, 1.82) is 0 Å². The van der Waals surface area contributed by atoms with Gasteiger partial charge in [-0.3, -0.25) is 4.68 Å². The van der Waals surface area contributed by atoms with Gasteiger partial charge in [-0.2, -0.15) is 5.10 Å². The van der Waals surface area contributed by atoms with E-state index in [-0.39, 0.29) is 0 Å². The van der Waals surface area contributed by atoms with Gasteiger partial charge in [-0.25, -0.2) is 0 Å². The minimum atomic E-state index is 0.711. The summed E-state index contributed by atoms with van der Waals surface area (Å²) in [6.45, 7) is 2.04. The van der Waals surface area contributed by atoms with Gasteiger partial charge in [0.2, 0.25) is 0 Å². The van der Waals surface area contributed by atoms with Crippen molar-refractivity contribution in [3.8, 4) is 0 Å². The number of fused-ring (bicyclic) bond motifs is 1. The van der Waals surface area contributed by atoms with Crippen LogP contribution in [0.5, 0.6) is 0 Å². The summed E-state index contributed by atoms with van der Waals surface area (Å²) < 4.78 is 1.69. The van der Waals surface area contributed by atoms with Gasteiger partial charge in [-0.05, 0) is 18.6 Å². The lowest BCUT2D eigenvalue weighted by atomic mass is 10.1. The van der Waals surface area contributed by atoms with Crippen LogP contribution in [0, 0.1) is 6.92 Å². The number of nitrogens with zero attached hydrogens (tertiary/aromatic N) is 2. The third kappa shape index (κ3) is 0.916. The lowest BCUT2D eigenvalue weighted by Crippen LogP contribution is -1.87. The summed E-state index contributed by atoms with van der Waals surface area (Å²) in [6.07, 6.45) is 0. The van der Waals surface area contributed by atoms with E-state index in [0.717, 1.165) is 10.9 Å². The molecule has 0 amide bonds. The normalized spacial score (nSPS) is 10.9. The summed E-state index contributed by atoms with van der Waals surface area (Å²) >= 11 is 6.05. The van der Waals surface area contributed by atoms with Crippen molar-refractivity contribution in [1.82, 2.24) is 9.78 Å². The summed E-state index contributed by atoms with van der Waals surface area (Å²) in [4.78, 5) is 0. The molecule has 0 aliphatic rings. The van der Waals surface area contributed by atoms with Gasteiger partial charge in [0.1, 0.15) is 5.15 Å². The number of hydrogen-bond acceptors (Lipinski definition) is 1. The van der Waals surface area contributed by atoms with E-state index in [0.29, 0.717) is 5.15 Å². The summed E-state index contributed by atoms with van der Waals surface area (Å²) in [6, 6.07) is 5.99. The van der Waals surface area contributed by atoms with Gasteiger partial charge >= 0.3 is 0 Å². The Balaban J connectivity index is 2.97. The molecule has 0 radical (unpaired) electrons. The zero-order chi connectivity index (χ0) is 8.72. The molecule has 0 aliphatic carbocycles. The first-order chi connectivity index (χ1) is 5.70. The van der Waals surface area contributed by atoms with Crippen molar-refractivity contribution in [2.24, 2.45) is 7.05 Å². The number of halogens is 1. The Morgan fingerprint density at radius 3 is 2.83 bits per heavy atom. The number of rotatable bonds is 0.